The Balaban J connectivity index is 1.43. The van der Waals surface area contributed by atoms with E-state index < -0.39 is 82.1 Å². The fourth-order valence-corrected chi connectivity index (χ4v) is 6.66. The van der Waals surface area contributed by atoms with Crippen LogP contribution in [0.3, 0.4) is 0 Å². The van der Waals surface area contributed by atoms with Crippen molar-refractivity contribution in [2.45, 2.75) is 82.9 Å². The van der Waals surface area contributed by atoms with Gasteiger partial charge in [-0.15, -0.1) is 0 Å². The number of anilines is 4. The van der Waals surface area contributed by atoms with Gasteiger partial charge in [0.05, 0.1) is 39.7 Å². The van der Waals surface area contributed by atoms with Crippen LogP contribution in [0.4, 0.5) is 49.1 Å². The molecule has 0 unspecified atom stereocenters. The van der Waals surface area contributed by atoms with Gasteiger partial charge in [0.2, 0.25) is 11.8 Å². The van der Waals surface area contributed by atoms with Crippen molar-refractivity contribution < 1.29 is 55.0 Å². The smallest absolute Gasteiger partial charge is 0.416 e. The second-order valence-corrected chi connectivity index (χ2v) is 15.3. The van der Waals surface area contributed by atoms with Crippen molar-refractivity contribution in [1.29, 1.82) is 0 Å². The third-order valence-electron chi connectivity index (χ3n) is 9.89. The van der Waals surface area contributed by atoms with Crippen LogP contribution in [0, 0.1) is 0 Å². The number of hydrogen-bond donors (Lipinski definition) is 9. The van der Waals surface area contributed by atoms with Crippen LogP contribution in [-0.4, -0.2) is 96.9 Å². The zero-order valence-electron chi connectivity index (χ0n) is 35.8. The largest absolute Gasteiger partial charge is 0.485 e. The van der Waals surface area contributed by atoms with E-state index in [0.29, 0.717) is 94.9 Å². The third kappa shape index (κ3) is 15.2. The SMILES string of the molecule is CC(N)=NCCCCC(=O)Nc1cc(C(F)(F)F)cc(NC(=O)c2cc(C(=O)Nc3cc(C(F)(F)F)cc(NC(=O)CCCCN=C(N)N)c3O[C@@H]3CCNC3)ncn2)c1O[C@@H]1CCNC1. The maximum atomic E-state index is 14.3. The van der Waals surface area contributed by atoms with E-state index in [2.05, 4.69) is 51.9 Å². The number of amides is 4. The molecule has 4 amide bonds. The van der Waals surface area contributed by atoms with Gasteiger partial charge in [-0.05, 0) is 82.8 Å². The number of carbonyl (C=O) groups excluding carboxylic acids is 4. The van der Waals surface area contributed by atoms with Crippen molar-refractivity contribution >= 4 is 58.2 Å². The monoisotopic (exact) mass is 935 g/mol. The summed E-state index contributed by atoms with van der Waals surface area (Å²) >= 11 is 0. The zero-order chi connectivity index (χ0) is 48.0. The lowest BCUT2D eigenvalue weighted by Gasteiger charge is -2.22. The Hall–Kier alpha value is -6.76. The van der Waals surface area contributed by atoms with Gasteiger partial charge in [-0.3, -0.25) is 29.2 Å². The van der Waals surface area contributed by atoms with Crippen molar-refractivity contribution in [3.05, 3.63) is 59.2 Å². The number of aromatic nitrogens is 2. The lowest BCUT2D eigenvalue weighted by atomic mass is 10.1. The van der Waals surface area contributed by atoms with Crippen LogP contribution in [0.15, 0.2) is 46.6 Å². The molecule has 3 heterocycles. The number of unbranched alkanes of at least 4 members (excludes halogenated alkanes) is 2. The number of ether oxygens (including phenoxy) is 2. The minimum atomic E-state index is -4.96. The fourth-order valence-electron chi connectivity index (χ4n) is 6.66. The molecule has 0 bridgehead atoms. The van der Waals surface area contributed by atoms with Crippen molar-refractivity contribution in [2.75, 3.05) is 60.5 Å². The Morgan fingerprint density at radius 2 is 1.06 bits per heavy atom. The molecule has 0 spiro atoms. The Kier molecular flexibility index (Phi) is 17.4. The highest BCUT2D eigenvalue weighted by atomic mass is 19.4. The number of amidine groups is 1. The van der Waals surface area contributed by atoms with E-state index >= 15 is 0 Å². The van der Waals surface area contributed by atoms with Crippen molar-refractivity contribution in [1.82, 2.24) is 20.6 Å². The molecule has 12 N–H and O–H groups in total. The zero-order valence-corrected chi connectivity index (χ0v) is 35.8. The first-order chi connectivity index (χ1) is 31.3. The van der Waals surface area contributed by atoms with E-state index in [1.807, 2.05) is 0 Å². The molecule has 5 rings (SSSR count). The standard InChI is InChI=1S/C41H51F6N13O6/c1-22(48)53-10-4-2-6-33(61)57-27-14-23(40(42,43)44)16-29(35(27)65-25-8-12-51-19-25)59-37(63)31-18-32(56-21-55-31)38(64)60-30-17-24(41(45,46)47)15-28(36(30)66-26-9-13-52-20-26)58-34(62)7-3-5-11-54-39(49)50/h14-18,21,25-26,51-52H,2-13,19-20H2,1H3,(H2,48,53)(H,57,61)(H,58,62)(H,59,63)(H,60,64)(H4,49,50,54)/t25-,26-/m1/s1. The predicted molar refractivity (Wildman–Crippen MR) is 232 cm³/mol. The van der Waals surface area contributed by atoms with Crippen LogP contribution in [0.5, 0.6) is 11.5 Å². The maximum absolute atomic E-state index is 14.3. The maximum Gasteiger partial charge on any atom is 0.416 e. The highest BCUT2D eigenvalue weighted by Gasteiger charge is 2.36. The van der Waals surface area contributed by atoms with Crippen molar-refractivity contribution in [3.8, 4) is 11.5 Å². The number of alkyl halides is 6. The second-order valence-electron chi connectivity index (χ2n) is 15.3. The van der Waals surface area contributed by atoms with Gasteiger partial charge in [0, 0.05) is 45.1 Å². The number of benzene rings is 2. The summed E-state index contributed by atoms with van der Waals surface area (Å²) in [6.07, 6.45) is -8.12. The van der Waals surface area contributed by atoms with Gasteiger partial charge in [0.1, 0.15) is 29.9 Å². The molecule has 2 aromatic carbocycles. The molecular formula is C41H51F6N13O6. The molecule has 25 heteroatoms. The Morgan fingerprint density at radius 1 is 0.652 bits per heavy atom. The number of guanidine groups is 1. The number of rotatable bonds is 20. The average molecular weight is 936 g/mol. The first kappa shape index (κ1) is 50.2. The second kappa shape index (κ2) is 22.9. The van der Waals surface area contributed by atoms with Crippen LogP contribution < -0.4 is 58.6 Å². The first-order valence-electron chi connectivity index (χ1n) is 20.9. The molecule has 0 saturated carbocycles. The molecule has 66 heavy (non-hydrogen) atoms. The van der Waals surface area contributed by atoms with Gasteiger partial charge in [0.25, 0.3) is 11.8 Å². The van der Waals surface area contributed by atoms with E-state index in [1.165, 1.54) is 0 Å². The Bertz CT molecular complexity index is 2120. The Morgan fingerprint density at radius 3 is 1.42 bits per heavy atom. The number of aliphatic imine (C=N–C) groups is 2. The number of nitrogens with two attached hydrogens (primary N) is 3. The molecular weight excluding hydrogens is 885 g/mol. The van der Waals surface area contributed by atoms with E-state index in [9.17, 15) is 45.5 Å². The Labute approximate surface area is 374 Å². The van der Waals surface area contributed by atoms with E-state index in [4.69, 9.17) is 26.7 Å². The molecule has 2 fully saturated rings. The lowest BCUT2D eigenvalue weighted by Crippen LogP contribution is -2.24. The quantitative estimate of drug-likeness (QED) is 0.0330. The van der Waals surface area contributed by atoms with Crippen LogP contribution in [0.25, 0.3) is 0 Å². The molecule has 3 aromatic rings. The topological polar surface area (TPSA) is 287 Å². The molecule has 2 atom stereocenters. The lowest BCUT2D eigenvalue weighted by molar-refractivity contribution is -0.138. The van der Waals surface area contributed by atoms with Gasteiger partial charge in [-0.1, -0.05) is 0 Å². The highest BCUT2D eigenvalue weighted by molar-refractivity contribution is 6.09. The fraction of sp³-hybridized carbons (Fsp3) is 0.463. The average Bonchev–Trinajstić information content (AvgIpc) is 3.97. The van der Waals surface area contributed by atoms with Crippen LogP contribution in [0.1, 0.15) is 90.4 Å². The summed E-state index contributed by atoms with van der Waals surface area (Å²) in [6, 6.07) is 3.44. The summed E-state index contributed by atoms with van der Waals surface area (Å²) in [5, 5.41) is 15.7. The molecule has 19 nitrogen and oxygen atoms in total. The summed E-state index contributed by atoms with van der Waals surface area (Å²) in [6.45, 7) is 3.81. The molecule has 2 aliphatic rings. The third-order valence-corrected chi connectivity index (χ3v) is 9.89. The van der Waals surface area contributed by atoms with Crippen molar-refractivity contribution in [2.24, 2.45) is 27.2 Å². The van der Waals surface area contributed by atoms with Gasteiger partial charge in [-0.25, -0.2) is 9.97 Å². The summed E-state index contributed by atoms with van der Waals surface area (Å²) in [5.41, 5.74) is 10.8. The van der Waals surface area contributed by atoms with Crippen molar-refractivity contribution in [3.63, 3.8) is 0 Å². The highest BCUT2D eigenvalue weighted by Crippen LogP contribution is 2.43. The van der Waals surface area contributed by atoms with Gasteiger partial charge < -0.3 is 58.6 Å². The number of hydrogen-bond acceptors (Lipinski definition) is 12. The summed E-state index contributed by atoms with van der Waals surface area (Å²) in [5.74, 6) is -3.95. The number of carbonyl (C=O) groups is 4. The van der Waals surface area contributed by atoms with E-state index in [-0.39, 0.29) is 54.6 Å². The minimum absolute atomic E-state index is 0.0854. The summed E-state index contributed by atoms with van der Waals surface area (Å²) in [7, 11) is 0. The van der Waals surface area contributed by atoms with E-state index in [0.717, 1.165) is 12.4 Å². The molecule has 358 valence electrons. The molecule has 2 aliphatic heterocycles. The predicted octanol–water partition coefficient (Wildman–Crippen LogP) is 4.37. The van der Waals surface area contributed by atoms with Crippen LogP contribution >= 0.6 is 0 Å². The van der Waals surface area contributed by atoms with Crippen LogP contribution in [0.2, 0.25) is 0 Å². The normalized spacial score (nSPS) is 16.3. The number of nitrogens with zero attached hydrogens (tertiary/aromatic N) is 4. The minimum Gasteiger partial charge on any atom is -0.485 e. The van der Waals surface area contributed by atoms with E-state index in [1.54, 1.807) is 6.92 Å². The number of nitrogens with one attached hydrogen (secondary N) is 6. The summed E-state index contributed by atoms with van der Waals surface area (Å²) < 4.78 is 97.9. The molecule has 0 radical (unpaired) electrons. The van der Waals surface area contributed by atoms with Gasteiger partial charge >= 0.3 is 12.4 Å². The van der Waals surface area contributed by atoms with Gasteiger partial charge in [0.15, 0.2) is 17.5 Å². The molecule has 2 saturated heterocycles. The summed E-state index contributed by atoms with van der Waals surface area (Å²) in [4.78, 5) is 69.2. The molecule has 1 aromatic heterocycles. The number of halogens is 6. The van der Waals surface area contributed by atoms with Crippen LogP contribution in [-0.2, 0) is 21.9 Å². The molecule has 0 aliphatic carbocycles. The van der Waals surface area contributed by atoms with Gasteiger partial charge in [-0.2, -0.15) is 26.3 Å². The first-order valence-corrected chi connectivity index (χ1v) is 20.9.